The highest BCUT2D eigenvalue weighted by atomic mass is 19.4. The van der Waals surface area contributed by atoms with Crippen LogP contribution in [0.15, 0.2) is 30.5 Å². The average Bonchev–Trinajstić information content (AvgIpc) is 3.10. The number of halogens is 3. The predicted octanol–water partition coefficient (Wildman–Crippen LogP) is 5.52. The number of benzene rings is 1. The number of alkyl halides is 3. The van der Waals surface area contributed by atoms with Gasteiger partial charge < -0.3 is 9.84 Å². The van der Waals surface area contributed by atoms with Crippen LogP contribution in [0.2, 0.25) is 0 Å². The molecule has 1 fully saturated rings. The van der Waals surface area contributed by atoms with E-state index in [2.05, 4.69) is 12.0 Å². The molecule has 0 aliphatic heterocycles. The van der Waals surface area contributed by atoms with Crippen LogP contribution in [0.1, 0.15) is 52.0 Å². The molecule has 10 heteroatoms. The van der Waals surface area contributed by atoms with Crippen molar-refractivity contribution < 1.29 is 32.6 Å². The van der Waals surface area contributed by atoms with Crippen molar-refractivity contribution in [3.05, 3.63) is 36.0 Å². The van der Waals surface area contributed by atoms with Crippen LogP contribution in [-0.2, 0) is 11.0 Å². The lowest BCUT2D eigenvalue weighted by Gasteiger charge is -2.32. The van der Waals surface area contributed by atoms with Crippen molar-refractivity contribution in [3.63, 3.8) is 0 Å². The highest BCUT2D eigenvalue weighted by Gasteiger charge is 2.34. The summed E-state index contributed by atoms with van der Waals surface area (Å²) in [6.07, 6.45) is -1.49. The van der Waals surface area contributed by atoms with Gasteiger partial charge in [0.2, 0.25) is 11.7 Å². The van der Waals surface area contributed by atoms with Crippen LogP contribution >= 0.6 is 0 Å². The molecule has 0 spiro atoms. The van der Waals surface area contributed by atoms with E-state index in [4.69, 9.17) is 9.84 Å². The number of carbonyl (C=O) groups excluding carboxylic acids is 1. The Balaban J connectivity index is 1.98. The number of anilines is 1. The second-order valence-electron chi connectivity index (χ2n) is 8.43. The lowest BCUT2D eigenvalue weighted by molar-refractivity contribution is -0.137. The lowest BCUT2D eigenvalue weighted by atomic mass is 9.82. The van der Waals surface area contributed by atoms with Crippen LogP contribution in [0.5, 0.6) is 5.75 Å². The first-order valence-corrected chi connectivity index (χ1v) is 10.5. The number of nitrogens with zero attached hydrogens (tertiary/aromatic N) is 3. The number of rotatable bonds is 5. The molecule has 1 aliphatic rings. The molecular formula is C22H26F3N3O4. The van der Waals surface area contributed by atoms with Gasteiger partial charge in [0.1, 0.15) is 0 Å². The van der Waals surface area contributed by atoms with Crippen LogP contribution in [0.25, 0.3) is 5.69 Å². The average molecular weight is 453 g/mol. The van der Waals surface area contributed by atoms with Crippen molar-refractivity contribution in [2.45, 2.75) is 58.7 Å². The molecule has 2 aromatic rings. The van der Waals surface area contributed by atoms with Gasteiger partial charge in [0.15, 0.2) is 5.75 Å². The van der Waals surface area contributed by atoms with Crippen LogP contribution in [0, 0.1) is 11.8 Å². The third kappa shape index (κ3) is 5.23. The van der Waals surface area contributed by atoms with Gasteiger partial charge in [0, 0.05) is 12.0 Å². The molecule has 32 heavy (non-hydrogen) atoms. The molecule has 3 rings (SSSR count). The second kappa shape index (κ2) is 9.22. The molecule has 174 valence electrons. The Bertz CT molecular complexity index is 962. The monoisotopic (exact) mass is 453 g/mol. The molecule has 0 atom stereocenters. The highest BCUT2D eigenvalue weighted by molar-refractivity contribution is 5.96. The van der Waals surface area contributed by atoms with Gasteiger partial charge in [-0.15, -0.1) is 5.10 Å². The fourth-order valence-electron chi connectivity index (χ4n) is 3.92. The Morgan fingerprint density at radius 3 is 2.25 bits per heavy atom. The summed E-state index contributed by atoms with van der Waals surface area (Å²) in [5, 5.41) is 13.5. The fourth-order valence-corrected chi connectivity index (χ4v) is 3.92. The van der Waals surface area contributed by atoms with Gasteiger partial charge in [-0.2, -0.15) is 13.2 Å². The summed E-state index contributed by atoms with van der Waals surface area (Å²) in [7, 11) is 0. The lowest BCUT2D eigenvalue weighted by Crippen LogP contribution is -2.42. The largest absolute Gasteiger partial charge is 0.511 e. The molecular weight excluding hydrogens is 427 g/mol. The zero-order chi connectivity index (χ0) is 23.6. The van der Waals surface area contributed by atoms with Crippen molar-refractivity contribution in [2.24, 2.45) is 11.8 Å². The first-order chi connectivity index (χ1) is 15.0. The van der Waals surface area contributed by atoms with Gasteiger partial charge in [-0.1, -0.05) is 6.92 Å². The Hall–Kier alpha value is -3.04. The standard InChI is InChI=1S/C22H26F3N3O4/c1-13(2)28(20(29)15-6-4-14(3)5-7-15)19-18(32-21(30)31)12-27(26-19)17-10-8-16(9-11-17)22(23,24)25/h8-15H,4-7H2,1-3H3,(H,30,31). The maximum absolute atomic E-state index is 13.3. The molecule has 0 unspecified atom stereocenters. The molecule has 0 radical (unpaired) electrons. The summed E-state index contributed by atoms with van der Waals surface area (Å²) < 4.78 is 44.7. The second-order valence-corrected chi connectivity index (χ2v) is 8.43. The Morgan fingerprint density at radius 2 is 1.75 bits per heavy atom. The van der Waals surface area contributed by atoms with Gasteiger partial charge >= 0.3 is 12.3 Å². The van der Waals surface area contributed by atoms with E-state index in [1.165, 1.54) is 27.9 Å². The third-order valence-electron chi connectivity index (χ3n) is 5.67. The number of carbonyl (C=O) groups is 2. The van der Waals surface area contributed by atoms with Crippen LogP contribution in [0.4, 0.5) is 23.8 Å². The summed E-state index contributed by atoms with van der Waals surface area (Å²) in [6.45, 7) is 5.71. The van der Waals surface area contributed by atoms with E-state index in [-0.39, 0.29) is 35.1 Å². The van der Waals surface area contributed by atoms with Crippen molar-refractivity contribution >= 4 is 17.9 Å². The normalized spacial score (nSPS) is 19.1. The minimum atomic E-state index is -4.48. The summed E-state index contributed by atoms with van der Waals surface area (Å²) in [6, 6.07) is 3.91. The van der Waals surface area contributed by atoms with Crippen molar-refractivity contribution in [3.8, 4) is 11.4 Å². The number of hydrogen-bond acceptors (Lipinski definition) is 4. The van der Waals surface area contributed by atoms with E-state index in [1.807, 2.05) is 0 Å². The maximum atomic E-state index is 13.3. The van der Waals surface area contributed by atoms with Gasteiger partial charge in [-0.3, -0.25) is 9.69 Å². The predicted molar refractivity (Wildman–Crippen MR) is 111 cm³/mol. The van der Waals surface area contributed by atoms with Gasteiger partial charge in [-0.25, -0.2) is 9.48 Å². The van der Waals surface area contributed by atoms with E-state index in [0.717, 1.165) is 37.8 Å². The molecule has 0 bridgehead atoms. The Kier molecular flexibility index (Phi) is 6.80. The van der Waals surface area contributed by atoms with Crippen molar-refractivity contribution in [2.75, 3.05) is 4.90 Å². The quantitative estimate of drug-likeness (QED) is 0.603. The summed E-state index contributed by atoms with van der Waals surface area (Å²) in [5.74, 6) is 0.0354. The van der Waals surface area contributed by atoms with E-state index >= 15 is 0 Å². The minimum Gasteiger partial charge on any atom is -0.449 e. The Labute approximate surface area is 183 Å². The minimum absolute atomic E-state index is 0.0194. The molecule has 7 nitrogen and oxygen atoms in total. The maximum Gasteiger partial charge on any atom is 0.511 e. The molecule has 1 aromatic carbocycles. The zero-order valence-corrected chi connectivity index (χ0v) is 18.1. The SMILES string of the molecule is CC1CCC(C(=O)N(c2nn(-c3ccc(C(F)(F)F)cc3)cc2OC(=O)O)C(C)C)CC1. The topological polar surface area (TPSA) is 84.7 Å². The van der Waals surface area contributed by atoms with E-state index in [0.29, 0.717) is 5.92 Å². The molecule has 1 N–H and O–H groups in total. The Morgan fingerprint density at radius 1 is 1.16 bits per heavy atom. The van der Waals surface area contributed by atoms with E-state index in [9.17, 15) is 22.8 Å². The highest BCUT2D eigenvalue weighted by Crippen LogP contribution is 2.36. The van der Waals surface area contributed by atoms with Crippen molar-refractivity contribution in [1.82, 2.24) is 9.78 Å². The number of aromatic nitrogens is 2. The smallest absolute Gasteiger partial charge is 0.449 e. The molecule has 0 saturated heterocycles. The summed E-state index contributed by atoms with van der Waals surface area (Å²) in [4.78, 5) is 26.0. The molecule has 1 amide bonds. The van der Waals surface area contributed by atoms with Gasteiger partial charge in [0.05, 0.1) is 17.4 Å². The number of hydrogen-bond donors (Lipinski definition) is 1. The summed E-state index contributed by atoms with van der Waals surface area (Å²) in [5.41, 5.74) is -0.553. The first-order valence-electron chi connectivity index (χ1n) is 10.5. The van der Waals surface area contributed by atoms with Gasteiger partial charge in [-0.05, 0) is 69.7 Å². The fraction of sp³-hybridized carbons (Fsp3) is 0.500. The third-order valence-corrected chi connectivity index (χ3v) is 5.67. The van der Waals surface area contributed by atoms with E-state index in [1.54, 1.807) is 13.8 Å². The molecule has 1 saturated carbocycles. The number of amides is 1. The molecule has 1 aliphatic carbocycles. The molecule has 1 heterocycles. The van der Waals surface area contributed by atoms with Crippen LogP contribution in [0.3, 0.4) is 0 Å². The first kappa shape index (κ1) is 23.6. The van der Waals surface area contributed by atoms with Crippen molar-refractivity contribution in [1.29, 1.82) is 0 Å². The number of carboxylic acid groups (broad SMARTS) is 1. The summed E-state index contributed by atoms with van der Waals surface area (Å²) >= 11 is 0. The van der Waals surface area contributed by atoms with Gasteiger partial charge in [0.25, 0.3) is 0 Å². The van der Waals surface area contributed by atoms with E-state index < -0.39 is 17.9 Å². The number of ether oxygens (including phenoxy) is 1. The molecule has 1 aromatic heterocycles. The van der Waals surface area contributed by atoms with Crippen LogP contribution in [-0.4, -0.2) is 33.0 Å². The van der Waals surface area contributed by atoms with Crippen LogP contribution < -0.4 is 9.64 Å². The zero-order valence-electron chi connectivity index (χ0n) is 18.1.